The van der Waals surface area contributed by atoms with Gasteiger partial charge in [-0.2, -0.15) is 0 Å². The van der Waals surface area contributed by atoms with Gasteiger partial charge in [0, 0.05) is 33.0 Å². The molecule has 2 nitrogen and oxygen atoms in total. The van der Waals surface area contributed by atoms with Crippen molar-refractivity contribution in [1.82, 2.24) is 4.40 Å². The molecule has 2 heterocycles. The van der Waals surface area contributed by atoms with Crippen LogP contribution in [0.3, 0.4) is 0 Å². The lowest BCUT2D eigenvalue weighted by molar-refractivity contribution is 0.0974. The number of aromatic nitrogens is 1. The number of Topliss-reactive ketones (excluding diaryl/α,β-unsaturated/α-hetero) is 1. The van der Waals surface area contributed by atoms with Crippen molar-refractivity contribution in [2.75, 3.05) is 0 Å². The molecular weight excluding hydrogens is 643 g/mol. The zero-order valence-electron chi connectivity index (χ0n) is 30.0. The van der Waals surface area contributed by atoms with E-state index < -0.39 is 0 Å². The van der Waals surface area contributed by atoms with Gasteiger partial charge >= 0.3 is 0 Å². The Bertz CT molecular complexity index is 3070. The van der Waals surface area contributed by atoms with Crippen LogP contribution in [0.25, 0.3) is 60.0 Å². The van der Waals surface area contributed by atoms with Crippen LogP contribution in [0.4, 0.5) is 0 Å². The highest BCUT2D eigenvalue weighted by Crippen LogP contribution is 2.59. The average Bonchev–Trinajstić information content (AvgIpc) is 3.63. The minimum absolute atomic E-state index is 0.0194. The standard InChI is InChI=1S/C51H37NO/c1-50-18-20-51(2,21-19-50)42-27-44-40(25-41(42)50)46-31-17-16-29(28-10-4-3-5-11-28)22-30(31)23-38-36-24-37-39(26-43(36)52(44)48(38)46)49(53)47-34-14-8-6-12-32(34)45(37)33-13-7-9-15-35(33)47/h3-17,22-27,45,47H,18-21H2,1-2H3. The number of carbonyl (C=O) groups excluding carboxylic acids is 1. The summed E-state index contributed by atoms with van der Waals surface area (Å²) in [7, 11) is 0. The second-order valence-corrected chi connectivity index (χ2v) is 17.3. The van der Waals surface area contributed by atoms with Crippen LogP contribution in [0.1, 0.15) is 101 Å². The summed E-state index contributed by atoms with van der Waals surface area (Å²) in [5, 5.41) is 7.78. The third kappa shape index (κ3) is 3.40. The molecule has 0 aliphatic heterocycles. The number of nitrogens with zero attached hydrogens (tertiary/aromatic N) is 1. The minimum atomic E-state index is -0.287. The van der Waals surface area contributed by atoms with Crippen molar-refractivity contribution >= 4 is 54.7 Å². The Balaban J connectivity index is 1.20. The first-order valence-corrected chi connectivity index (χ1v) is 19.5. The van der Waals surface area contributed by atoms with Crippen LogP contribution in [0, 0.1) is 0 Å². The van der Waals surface area contributed by atoms with Crippen molar-refractivity contribution in [2.45, 2.75) is 62.2 Å². The first kappa shape index (κ1) is 28.8. The highest BCUT2D eigenvalue weighted by molar-refractivity contribution is 6.32. The third-order valence-corrected chi connectivity index (χ3v) is 14.6. The Hall–Kier alpha value is -5.73. The number of hydrogen-bond acceptors (Lipinski definition) is 1. The molecule has 0 radical (unpaired) electrons. The largest absolute Gasteiger partial charge is 0.308 e. The molecule has 7 aromatic carbocycles. The summed E-state index contributed by atoms with van der Waals surface area (Å²) in [4.78, 5) is 15.0. The summed E-state index contributed by atoms with van der Waals surface area (Å²) in [6.45, 7) is 5.02. The van der Waals surface area contributed by atoms with E-state index in [0.29, 0.717) is 0 Å². The molecule has 2 aromatic heterocycles. The van der Waals surface area contributed by atoms with Crippen LogP contribution in [0.15, 0.2) is 127 Å². The lowest BCUT2D eigenvalue weighted by Gasteiger charge is -2.52. The van der Waals surface area contributed by atoms with Crippen molar-refractivity contribution in [2.24, 2.45) is 0 Å². The molecule has 6 aliphatic rings. The summed E-state index contributed by atoms with van der Waals surface area (Å²) in [5.41, 5.74) is 16.6. The average molecular weight is 680 g/mol. The highest BCUT2D eigenvalue weighted by Gasteiger charge is 2.48. The predicted octanol–water partition coefficient (Wildman–Crippen LogP) is 12.6. The fourth-order valence-electron chi connectivity index (χ4n) is 11.8. The van der Waals surface area contributed by atoms with E-state index in [-0.39, 0.29) is 28.4 Å². The molecule has 9 aromatic rings. The number of benzene rings is 7. The van der Waals surface area contributed by atoms with Gasteiger partial charge in [-0.25, -0.2) is 0 Å². The molecule has 2 heteroatoms. The predicted molar refractivity (Wildman–Crippen MR) is 217 cm³/mol. The monoisotopic (exact) mass is 679 g/mol. The minimum Gasteiger partial charge on any atom is -0.308 e. The molecule has 1 fully saturated rings. The van der Waals surface area contributed by atoms with Crippen LogP contribution < -0.4 is 0 Å². The van der Waals surface area contributed by atoms with Crippen LogP contribution in [0.5, 0.6) is 0 Å². The first-order valence-electron chi connectivity index (χ1n) is 19.5. The van der Waals surface area contributed by atoms with Gasteiger partial charge in [0.2, 0.25) is 0 Å². The summed E-state index contributed by atoms with van der Waals surface area (Å²) in [5.74, 6) is -0.0458. The molecule has 15 rings (SSSR count). The van der Waals surface area contributed by atoms with E-state index in [1.807, 2.05) is 0 Å². The van der Waals surface area contributed by atoms with E-state index in [0.717, 1.165) is 27.8 Å². The molecule has 0 atom stereocenters. The summed E-state index contributed by atoms with van der Waals surface area (Å²) in [6, 6.07) is 47.5. The molecule has 6 aliphatic carbocycles. The first-order chi connectivity index (χ1) is 25.9. The van der Waals surface area contributed by atoms with Crippen molar-refractivity contribution < 1.29 is 4.79 Å². The quantitative estimate of drug-likeness (QED) is 0.169. The number of ketones is 1. The molecule has 1 saturated carbocycles. The van der Waals surface area contributed by atoms with Crippen molar-refractivity contribution in [3.8, 4) is 11.1 Å². The van der Waals surface area contributed by atoms with Gasteiger partial charge in [0.25, 0.3) is 0 Å². The van der Waals surface area contributed by atoms with Gasteiger partial charge in [-0.3, -0.25) is 4.79 Å². The van der Waals surface area contributed by atoms with E-state index in [4.69, 9.17) is 0 Å². The van der Waals surface area contributed by atoms with E-state index in [1.165, 1.54) is 91.3 Å². The lowest BCUT2D eigenvalue weighted by Crippen LogP contribution is -2.44. The normalized spacial score (nSPS) is 23.9. The van der Waals surface area contributed by atoms with Gasteiger partial charge in [-0.1, -0.05) is 105 Å². The van der Waals surface area contributed by atoms with Gasteiger partial charge in [0.15, 0.2) is 5.78 Å². The Morgan fingerprint density at radius 3 is 1.79 bits per heavy atom. The van der Waals surface area contributed by atoms with E-state index >= 15 is 4.79 Å². The Morgan fingerprint density at radius 2 is 1.11 bits per heavy atom. The van der Waals surface area contributed by atoms with Crippen LogP contribution in [-0.2, 0) is 10.8 Å². The zero-order chi connectivity index (χ0) is 35.0. The molecule has 252 valence electrons. The highest BCUT2D eigenvalue weighted by atomic mass is 16.1. The smallest absolute Gasteiger partial charge is 0.175 e. The number of carbonyl (C=O) groups is 1. The van der Waals surface area contributed by atoms with E-state index in [9.17, 15) is 0 Å². The molecule has 0 unspecified atom stereocenters. The van der Waals surface area contributed by atoms with Crippen molar-refractivity contribution in [1.29, 1.82) is 0 Å². The summed E-state index contributed by atoms with van der Waals surface area (Å²) in [6.07, 6.45) is 5.02. The van der Waals surface area contributed by atoms with E-state index in [2.05, 4.69) is 146 Å². The molecule has 0 N–H and O–H groups in total. The number of rotatable bonds is 1. The van der Waals surface area contributed by atoms with Gasteiger partial charge in [0.1, 0.15) is 0 Å². The van der Waals surface area contributed by atoms with Gasteiger partial charge in [-0.05, 0) is 134 Å². The van der Waals surface area contributed by atoms with Crippen LogP contribution >= 0.6 is 0 Å². The molecule has 0 spiro atoms. The Morgan fingerprint density at radius 1 is 0.509 bits per heavy atom. The third-order valence-electron chi connectivity index (χ3n) is 14.6. The van der Waals surface area contributed by atoms with Crippen molar-refractivity contribution in [3.05, 3.63) is 172 Å². The molecular formula is C51H37NO. The van der Waals surface area contributed by atoms with Crippen molar-refractivity contribution in [3.63, 3.8) is 0 Å². The number of hydrogen-bond donors (Lipinski definition) is 0. The zero-order valence-corrected chi connectivity index (χ0v) is 30.0. The van der Waals surface area contributed by atoms with Gasteiger partial charge < -0.3 is 4.40 Å². The topological polar surface area (TPSA) is 21.5 Å². The fourth-order valence-corrected chi connectivity index (χ4v) is 11.8. The molecule has 4 bridgehead atoms. The molecule has 0 saturated heterocycles. The Kier molecular flexibility index (Phi) is 5.13. The summed E-state index contributed by atoms with van der Waals surface area (Å²) >= 11 is 0. The lowest BCUT2D eigenvalue weighted by atomic mass is 9.52. The maximum absolute atomic E-state index is 15.0. The van der Waals surface area contributed by atoms with E-state index in [1.54, 1.807) is 11.1 Å². The van der Waals surface area contributed by atoms with Gasteiger partial charge in [-0.15, -0.1) is 0 Å². The maximum atomic E-state index is 15.0. The number of fused-ring (bicyclic) bond motifs is 10. The summed E-state index contributed by atoms with van der Waals surface area (Å²) < 4.78 is 2.55. The maximum Gasteiger partial charge on any atom is 0.175 e. The Labute approximate surface area is 308 Å². The SMILES string of the molecule is CC12CCC(C)(CC1)c1cc3c(cc12)c1c2ccc(-c4ccccc4)cc2cc2c4cc5c(cc4n3c21)C(=O)C1c2ccccc2C5c2ccccc21. The molecule has 53 heavy (non-hydrogen) atoms. The fraction of sp³-hybridized carbons (Fsp3) is 0.196. The second-order valence-electron chi connectivity index (χ2n) is 17.3. The van der Waals surface area contributed by atoms with Gasteiger partial charge in [0.05, 0.1) is 22.5 Å². The molecule has 0 amide bonds. The van der Waals surface area contributed by atoms with Crippen LogP contribution in [0.2, 0.25) is 0 Å². The second kappa shape index (κ2) is 9.43. The van der Waals surface area contributed by atoms with Crippen LogP contribution in [-0.4, -0.2) is 10.2 Å².